The van der Waals surface area contributed by atoms with Crippen LogP contribution < -0.4 is 10.1 Å². The number of rotatable bonds is 7. The topological polar surface area (TPSA) is 105 Å². The molecule has 8 heteroatoms. The molecule has 0 spiro atoms. The number of carbonyl (C=O) groups excluding carboxylic acids is 1. The second-order valence-electron chi connectivity index (χ2n) is 6.39. The van der Waals surface area contributed by atoms with Crippen molar-refractivity contribution in [2.45, 2.75) is 6.61 Å². The van der Waals surface area contributed by atoms with Crippen LogP contribution in [0.2, 0.25) is 5.02 Å². The van der Waals surface area contributed by atoms with Crippen molar-refractivity contribution in [2.75, 3.05) is 5.32 Å². The number of nitriles is 1. The Kier molecular flexibility index (Phi) is 6.99. The predicted molar refractivity (Wildman–Crippen MR) is 118 cm³/mol. The number of ether oxygens (including phenoxy) is 1. The van der Waals surface area contributed by atoms with Gasteiger partial charge >= 0.3 is 0 Å². The molecule has 1 N–H and O–H groups in total. The van der Waals surface area contributed by atoms with E-state index in [1.165, 1.54) is 18.2 Å². The van der Waals surface area contributed by atoms with E-state index in [0.29, 0.717) is 17.9 Å². The molecule has 0 atom stereocenters. The summed E-state index contributed by atoms with van der Waals surface area (Å²) in [4.78, 5) is 22.7. The molecule has 0 aliphatic carbocycles. The van der Waals surface area contributed by atoms with Crippen LogP contribution >= 0.6 is 11.6 Å². The lowest BCUT2D eigenvalue weighted by Gasteiger charge is -2.08. The van der Waals surface area contributed by atoms with Crippen LogP contribution in [0.5, 0.6) is 5.75 Å². The van der Waals surface area contributed by atoms with Gasteiger partial charge in [0.05, 0.1) is 15.6 Å². The summed E-state index contributed by atoms with van der Waals surface area (Å²) in [6, 6.07) is 22.2. The maximum atomic E-state index is 12.5. The summed E-state index contributed by atoms with van der Waals surface area (Å²) >= 11 is 5.99. The van der Waals surface area contributed by atoms with E-state index in [0.717, 1.165) is 11.6 Å². The third kappa shape index (κ3) is 5.92. The first-order chi connectivity index (χ1) is 15.0. The molecule has 0 radical (unpaired) electrons. The molecule has 0 bridgehead atoms. The number of nitro benzene ring substituents is 1. The van der Waals surface area contributed by atoms with Crippen molar-refractivity contribution in [1.82, 2.24) is 0 Å². The van der Waals surface area contributed by atoms with E-state index in [9.17, 15) is 20.2 Å². The summed E-state index contributed by atoms with van der Waals surface area (Å²) in [6.45, 7) is 0.387. The van der Waals surface area contributed by atoms with Crippen LogP contribution in [-0.4, -0.2) is 10.8 Å². The number of non-ortho nitro benzene ring substituents is 1. The molecule has 0 aromatic heterocycles. The molecule has 0 unspecified atom stereocenters. The lowest BCUT2D eigenvalue weighted by molar-refractivity contribution is -0.384. The molecular formula is C23H16ClN3O4. The average Bonchev–Trinajstić information content (AvgIpc) is 2.78. The van der Waals surface area contributed by atoms with Gasteiger partial charge in [-0.05, 0) is 35.4 Å². The van der Waals surface area contributed by atoms with E-state index < -0.39 is 10.8 Å². The molecule has 0 saturated carbocycles. The second-order valence-corrected chi connectivity index (χ2v) is 6.80. The minimum Gasteiger partial charge on any atom is -0.489 e. The molecule has 0 saturated heterocycles. The SMILES string of the molecule is N#CC(=Cc1cccc(OCc2ccccc2)c1)C(=O)Nc1ccc([N+](=O)[O-])cc1Cl. The fraction of sp³-hybridized carbons (Fsp3) is 0.0435. The number of carbonyl (C=O) groups is 1. The first-order valence-corrected chi connectivity index (χ1v) is 9.48. The van der Waals surface area contributed by atoms with Crippen molar-refractivity contribution in [3.05, 3.63) is 105 Å². The van der Waals surface area contributed by atoms with E-state index in [2.05, 4.69) is 5.32 Å². The van der Waals surface area contributed by atoms with Gasteiger partial charge in [-0.25, -0.2) is 0 Å². The Balaban J connectivity index is 1.73. The summed E-state index contributed by atoms with van der Waals surface area (Å²) in [5.41, 5.74) is 1.42. The number of halogens is 1. The zero-order valence-electron chi connectivity index (χ0n) is 16.1. The predicted octanol–water partition coefficient (Wildman–Crippen LogP) is 5.37. The summed E-state index contributed by atoms with van der Waals surface area (Å²) in [7, 11) is 0. The van der Waals surface area contributed by atoms with Crippen molar-refractivity contribution < 1.29 is 14.5 Å². The van der Waals surface area contributed by atoms with Crippen LogP contribution in [0.25, 0.3) is 6.08 Å². The van der Waals surface area contributed by atoms with Crippen LogP contribution in [0.3, 0.4) is 0 Å². The molecule has 0 heterocycles. The molecule has 1 amide bonds. The van der Waals surface area contributed by atoms with Crippen LogP contribution in [0.4, 0.5) is 11.4 Å². The van der Waals surface area contributed by atoms with Crippen LogP contribution in [0.15, 0.2) is 78.4 Å². The lowest BCUT2D eigenvalue weighted by Crippen LogP contribution is -2.13. The van der Waals surface area contributed by atoms with Gasteiger partial charge in [-0.15, -0.1) is 0 Å². The van der Waals surface area contributed by atoms with Gasteiger partial charge < -0.3 is 10.1 Å². The fourth-order valence-corrected chi connectivity index (χ4v) is 2.88. The highest BCUT2D eigenvalue weighted by Crippen LogP contribution is 2.27. The monoisotopic (exact) mass is 433 g/mol. The number of nitrogens with zero attached hydrogens (tertiary/aromatic N) is 2. The molecule has 0 aliphatic heterocycles. The Labute approximate surface area is 183 Å². The van der Waals surface area contributed by atoms with Gasteiger partial charge in [0.25, 0.3) is 11.6 Å². The van der Waals surface area contributed by atoms with E-state index >= 15 is 0 Å². The summed E-state index contributed by atoms with van der Waals surface area (Å²) in [5, 5.41) is 22.7. The van der Waals surface area contributed by atoms with E-state index in [-0.39, 0.29) is 22.0 Å². The maximum Gasteiger partial charge on any atom is 0.271 e. The Hall–Kier alpha value is -4.15. The first-order valence-electron chi connectivity index (χ1n) is 9.10. The van der Waals surface area contributed by atoms with Crippen molar-refractivity contribution in [3.63, 3.8) is 0 Å². The van der Waals surface area contributed by atoms with Gasteiger partial charge in [-0.1, -0.05) is 54.1 Å². The number of nitrogens with one attached hydrogen (secondary N) is 1. The highest BCUT2D eigenvalue weighted by Gasteiger charge is 2.14. The standard InChI is InChI=1S/C23H16ClN3O4/c24-21-13-19(27(29)30)9-10-22(21)26-23(28)18(14-25)11-17-7-4-8-20(12-17)31-15-16-5-2-1-3-6-16/h1-13H,15H2,(H,26,28). The molecular weight excluding hydrogens is 418 g/mol. The largest absolute Gasteiger partial charge is 0.489 e. The van der Waals surface area contributed by atoms with Gasteiger partial charge in [0.2, 0.25) is 0 Å². The molecule has 0 fully saturated rings. The molecule has 3 rings (SSSR count). The fourth-order valence-electron chi connectivity index (χ4n) is 2.66. The number of benzene rings is 3. The molecule has 3 aromatic rings. The maximum absolute atomic E-state index is 12.5. The van der Waals surface area contributed by atoms with Crippen molar-refractivity contribution in [3.8, 4) is 11.8 Å². The van der Waals surface area contributed by atoms with Crippen molar-refractivity contribution in [2.24, 2.45) is 0 Å². The Morgan fingerprint density at radius 3 is 2.58 bits per heavy atom. The number of amides is 1. The Bertz CT molecular complexity index is 1190. The van der Waals surface area contributed by atoms with E-state index in [1.54, 1.807) is 24.3 Å². The van der Waals surface area contributed by atoms with Crippen molar-refractivity contribution in [1.29, 1.82) is 5.26 Å². The third-order valence-corrected chi connectivity index (χ3v) is 4.51. The minimum absolute atomic E-state index is 0.00357. The number of anilines is 1. The summed E-state index contributed by atoms with van der Waals surface area (Å²) < 4.78 is 5.77. The van der Waals surface area contributed by atoms with Gasteiger partial charge in [0.1, 0.15) is 24.0 Å². The number of hydrogen-bond donors (Lipinski definition) is 1. The lowest BCUT2D eigenvalue weighted by atomic mass is 10.1. The number of hydrogen-bond acceptors (Lipinski definition) is 5. The van der Waals surface area contributed by atoms with Gasteiger partial charge in [0, 0.05) is 12.1 Å². The quantitative estimate of drug-likeness (QED) is 0.233. The van der Waals surface area contributed by atoms with Crippen LogP contribution in [-0.2, 0) is 11.4 Å². The summed E-state index contributed by atoms with van der Waals surface area (Å²) in [6.07, 6.45) is 1.42. The van der Waals surface area contributed by atoms with Crippen LogP contribution in [0, 0.1) is 21.4 Å². The zero-order valence-corrected chi connectivity index (χ0v) is 16.9. The summed E-state index contributed by atoms with van der Waals surface area (Å²) in [5.74, 6) is -0.0948. The molecule has 154 valence electrons. The molecule has 7 nitrogen and oxygen atoms in total. The zero-order chi connectivity index (χ0) is 22.2. The molecule has 31 heavy (non-hydrogen) atoms. The Morgan fingerprint density at radius 1 is 1.13 bits per heavy atom. The third-order valence-electron chi connectivity index (χ3n) is 4.19. The smallest absolute Gasteiger partial charge is 0.271 e. The van der Waals surface area contributed by atoms with Crippen LogP contribution in [0.1, 0.15) is 11.1 Å². The van der Waals surface area contributed by atoms with E-state index in [1.807, 2.05) is 36.4 Å². The van der Waals surface area contributed by atoms with Crippen molar-refractivity contribution >= 4 is 35.0 Å². The molecule has 0 aliphatic rings. The highest BCUT2D eigenvalue weighted by atomic mass is 35.5. The first kappa shape index (κ1) is 21.6. The van der Waals surface area contributed by atoms with E-state index in [4.69, 9.17) is 16.3 Å². The average molecular weight is 434 g/mol. The Morgan fingerprint density at radius 2 is 1.90 bits per heavy atom. The number of nitro groups is 1. The van der Waals surface area contributed by atoms with Gasteiger partial charge in [-0.3, -0.25) is 14.9 Å². The molecule has 3 aromatic carbocycles. The van der Waals surface area contributed by atoms with Gasteiger partial charge in [-0.2, -0.15) is 5.26 Å². The highest BCUT2D eigenvalue weighted by molar-refractivity contribution is 6.34. The van der Waals surface area contributed by atoms with Gasteiger partial charge in [0.15, 0.2) is 0 Å². The minimum atomic E-state index is -0.686. The normalized spacial score (nSPS) is 10.8. The second kappa shape index (κ2) is 10.1.